The van der Waals surface area contributed by atoms with Crippen molar-refractivity contribution in [3.05, 3.63) is 12.2 Å². The highest BCUT2D eigenvalue weighted by Gasteiger charge is 2.64. The van der Waals surface area contributed by atoms with Crippen LogP contribution in [0.5, 0.6) is 0 Å². The zero-order valence-corrected chi connectivity index (χ0v) is 14.4. The molecule has 1 unspecified atom stereocenters. The zero-order valence-electron chi connectivity index (χ0n) is 14.4. The van der Waals surface area contributed by atoms with Gasteiger partial charge in [-0.2, -0.15) is 0 Å². The van der Waals surface area contributed by atoms with Crippen molar-refractivity contribution >= 4 is 17.7 Å². The second-order valence-corrected chi connectivity index (χ2v) is 7.69. The Bertz CT molecular complexity index is 627. The van der Waals surface area contributed by atoms with Crippen LogP contribution < -0.4 is 0 Å². The van der Waals surface area contributed by atoms with E-state index in [4.69, 9.17) is 14.6 Å². The van der Waals surface area contributed by atoms with E-state index in [0.29, 0.717) is 6.42 Å². The van der Waals surface area contributed by atoms with Crippen molar-refractivity contribution in [1.29, 1.82) is 0 Å². The molecule has 0 spiro atoms. The summed E-state index contributed by atoms with van der Waals surface area (Å²) in [5, 5.41) is 19.7. The fourth-order valence-corrected chi connectivity index (χ4v) is 4.49. The minimum Gasteiger partial charge on any atom is -0.461 e. The monoisotopic (exact) mass is 352 g/mol. The lowest BCUT2D eigenvalue weighted by Gasteiger charge is -2.52. The molecular formula is C18H24O7. The topological polar surface area (TPSA) is 110 Å². The van der Waals surface area contributed by atoms with E-state index in [1.165, 1.54) is 6.92 Å². The van der Waals surface area contributed by atoms with Crippen molar-refractivity contribution in [3.8, 4) is 0 Å². The number of aliphatic hydroxyl groups excluding tert-OH is 2. The van der Waals surface area contributed by atoms with Crippen molar-refractivity contribution < 1.29 is 34.1 Å². The predicted molar refractivity (Wildman–Crippen MR) is 85.1 cm³/mol. The Labute approximate surface area is 146 Å². The maximum atomic E-state index is 12.5. The fourth-order valence-electron chi connectivity index (χ4n) is 4.49. The maximum absolute atomic E-state index is 12.5. The Morgan fingerprint density at radius 2 is 2.16 bits per heavy atom. The van der Waals surface area contributed by atoms with Crippen LogP contribution in [0.1, 0.15) is 33.1 Å². The molecule has 3 rings (SSSR count). The van der Waals surface area contributed by atoms with Gasteiger partial charge in [0.15, 0.2) is 0 Å². The molecule has 1 saturated heterocycles. The van der Waals surface area contributed by atoms with Crippen LogP contribution in [0, 0.1) is 23.2 Å². The summed E-state index contributed by atoms with van der Waals surface area (Å²) >= 11 is 0. The molecule has 0 amide bonds. The maximum Gasteiger partial charge on any atom is 0.334 e. The second-order valence-electron chi connectivity index (χ2n) is 7.69. The molecule has 7 heteroatoms. The quantitative estimate of drug-likeness (QED) is 0.558. The highest BCUT2D eigenvalue weighted by Crippen LogP contribution is 2.55. The van der Waals surface area contributed by atoms with Crippen LogP contribution >= 0.6 is 0 Å². The third-order valence-electron chi connectivity index (χ3n) is 6.06. The SMILES string of the molecule is C=C1C(=O)O[C@@H]2[C@@H]1[C@H](OC(=O)C(C)CO)C[C@]1(C)[C@@H](O)CCC(=O)[C@@H]21. The number of ketones is 1. The normalized spacial score (nSPS) is 41.6. The van der Waals surface area contributed by atoms with E-state index < -0.39 is 53.4 Å². The summed E-state index contributed by atoms with van der Waals surface area (Å²) in [5.41, 5.74) is -0.649. The van der Waals surface area contributed by atoms with Gasteiger partial charge in [-0.25, -0.2) is 4.79 Å². The van der Waals surface area contributed by atoms with Gasteiger partial charge < -0.3 is 19.7 Å². The average Bonchev–Trinajstić information content (AvgIpc) is 2.85. The Balaban J connectivity index is 1.96. The summed E-state index contributed by atoms with van der Waals surface area (Å²) < 4.78 is 11.0. The lowest BCUT2D eigenvalue weighted by Crippen LogP contribution is -2.60. The first kappa shape index (κ1) is 18.1. The molecule has 138 valence electrons. The van der Waals surface area contributed by atoms with Crippen molar-refractivity contribution in [2.45, 2.75) is 51.4 Å². The molecule has 2 N–H and O–H groups in total. The van der Waals surface area contributed by atoms with Crippen LogP contribution in [0.3, 0.4) is 0 Å². The van der Waals surface area contributed by atoms with Gasteiger partial charge in [0.05, 0.1) is 30.5 Å². The molecule has 0 bridgehead atoms. The van der Waals surface area contributed by atoms with Gasteiger partial charge >= 0.3 is 11.9 Å². The van der Waals surface area contributed by atoms with Crippen LogP contribution in [0.2, 0.25) is 0 Å². The second kappa shape index (κ2) is 6.21. The molecular weight excluding hydrogens is 328 g/mol. The molecule has 3 fully saturated rings. The minimum atomic E-state index is -0.838. The van der Waals surface area contributed by atoms with Gasteiger partial charge in [0.2, 0.25) is 0 Å². The van der Waals surface area contributed by atoms with Gasteiger partial charge in [0.25, 0.3) is 0 Å². The molecule has 7 atom stereocenters. The zero-order chi connectivity index (χ0) is 18.5. The van der Waals surface area contributed by atoms with Crippen molar-refractivity contribution in [3.63, 3.8) is 0 Å². The van der Waals surface area contributed by atoms with Gasteiger partial charge in [-0.05, 0) is 19.8 Å². The van der Waals surface area contributed by atoms with Gasteiger partial charge in [-0.15, -0.1) is 0 Å². The summed E-state index contributed by atoms with van der Waals surface area (Å²) in [7, 11) is 0. The van der Waals surface area contributed by atoms with E-state index in [9.17, 15) is 19.5 Å². The number of rotatable bonds is 3. The van der Waals surface area contributed by atoms with Crippen molar-refractivity contribution in [1.82, 2.24) is 0 Å². The number of carbonyl (C=O) groups excluding carboxylic acids is 3. The Kier molecular flexibility index (Phi) is 4.49. The Hall–Kier alpha value is -1.73. The molecule has 0 aromatic heterocycles. The summed E-state index contributed by atoms with van der Waals surface area (Å²) in [5.74, 6) is -3.16. The van der Waals surface area contributed by atoms with E-state index in [1.54, 1.807) is 6.92 Å². The third kappa shape index (κ3) is 2.69. The number of ether oxygens (including phenoxy) is 2. The molecule has 3 aliphatic rings. The number of carbonyl (C=O) groups is 3. The number of aliphatic hydroxyl groups is 2. The standard InChI is InChI=1S/C18H24O7/c1-8(7-19)16(22)24-11-6-18(3)12(21)5-4-10(20)14(18)15-13(11)9(2)17(23)25-15/h8,11-15,19,21H,2,4-7H2,1,3H3/t8?,11-,12+,13+,14+,15-,18-/m1/s1. The van der Waals surface area contributed by atoms with E-state index in [2.05, 4.69) is 6.58 Å². The van der Waals surface area contributed by atoms with Crippen LogP contribution in [-0.2, 0) is 23.9 Å². The van der Waals surface area contributed by atoms with Gasteiger partial charge in [0.1, 0.15) is 18.0 Å². The number of hydrogen-bond donors (Lipinski definition) is 2. The van der Waals surface area contributed by atoms with E-state index in [0.717, 1.165) is 0 Å². The number of esters is 2. The smallest absolute Gasteiger partial charge is 0.334 e. The molecule has 25 heavy (non-hydrogen) atoms. The summed E-state index contributed by atoms with van der Waals surface area (Å²) in [6.45, 7) is 6.72. The molecule has 7 nitrogen and oxygen atoms in total. The van der Waals surface area contributed by atoms with E-state index in [-0.39, 0.29) is 30.8 Å². The van der Waals surface area contributed by atoms with E-state index in [1.807, 2.05) is 0 Å². The Morgan fingerprint density at radius 1 is 1.48 bits per heavy atom. The molecule has 0 radical (unpaired) electrons. The Morgan fingerprint density at radius 3 is 2.80 bits per heavy atom. The average molecular weight is 352 g/mol. The van der Waals surface area contributed by atoms with Crippen LogP contribution in [0.4, 0.5) is 0 Å². The van der Waals surface area contributed by atoms with E-state index >= 15 is 0 Å². The lowest BCUT2D eigenvalue weighted by atomic mass is 9.54. The molecule has 0 aromatic carbocycles. The summed E-state index contributed by atoms with van der Waals surface area (Å²) in [6, 6.07) is 0. The number of Topliss-reactive ketones (excluding diaryl/α,β-unsaturated/α-hetero) is 1. The molecule has 2 saturated carbocycles. The minimum absolute atomic E-state index is 0.0428. The van der Waals surface area contributed by atoms with Gasteiger partial charge in [0, 0.05) is 17.4 Å². The molecule has 0 aromatic rings. The van der Waals surface area contributed by atoms with Crippen molar-refractivity contribution in [2.75, 3.05) is 6.61 Å². The van der Waals surface area contributed by atoms with Crippen LogP contribution in [0.15, 0.2) is 12.2 Å². The largest absolute Gasteiger partial charge is 0.461 e. The first-order chi connectivity index (χ1) is 11.7. The third-order valence-corrected chi connectivity index (χ3v) is 6.06. The van der Waals surface area contributed by atoms with Crippen LogP contribution in [0.25, 0.3) is 0 Å². The first-order valence-electron chi connectivity index (χ1n) is 8.62. The number of fused-ring (bicyclic) bond motifs is 3. The highest BCUT2D eigenvalue weighted by atomic mass is 16.6. The van der Waals surface area contributed by atoms with Crippen LogP contribution in [-0.4, -0.2) is 52.9 Å². The highest BCUT2D eigenvalue weighted by molar-refractivity contribution is 5.93. The fraction of sp³-hybridized carbons (Fsp3) is 0.722. The summed E-state index contributed by atoms with van der Waals surface area (Å²) in [4.78, 5) is 36.8. The first-order valence-corrected chi connectivity index (χ1v) is 8.62. The summed E-state index contributed by atoms with van der Waals surface area (Å²) in [6.07, 6.45) is -1.44. The van der Waals surface area contributed by atoms with Gasteiger partial charge in [-0.3, -0.25) is 9.59 Å². The lowest BCUT2D eigenvalue weighted by molar-refractivity contribution is -0.190. The predicted octanol–water partition coefficient (Wildman–Crippen LogP) is 0.374. The molecule has 1 heterocycles. The van der Waals surface area contributed by atoms with Crippen molar-refractivity contribution in [2.24, 2.45) is 23.2 Å². The van der Waals surface area contributed by atoms with Gasteiger partial charge in [-0.1, -0.05) is 13.5 Å². The molecule has 1 aliphatic heterocycles. The number of hydrogen-bond acceptors (Lipinski definition) is 7. The molecule has 2 aliphatic carbocycles.